The number of nitrogens with two attached hydrogens (primary N) is 1. The minimum absolute atomic E-state index is 0.436. The summed E-state index contributed by atoms with van der Waals surface area (Å²) < 4.78 is 2.00. The van der Waals surface area contributed by atoms with Crippen LogP contribution < -0.4 is 5.73 Å². The Morgan fingerprint density at radius 2 is 2.05 bits per heavy atom. The van der Waals surface area contributed by atoms with Crippen molar-refractivity contribution in [3.05, 3.63) is 59.5 Å². The summed E-state index contributed by atoms with van der Waals surface area (Å²) in [4.78, 5) is 9.62. The number of hydrogen-bond acceptors (Lipinski definition) is 3. The number of imidazole rings is 1. The molecule has 0 unspecified atom stereocenters. The third-order valence-electron chi connectivity index (χ3n) is 3.32. The second-order valence-electron chi connectivity index (χ2n) is 5.10. The van der Waals surface area contributed by atoms with E-state index in [1.54, 1.807) is 0 Å². The average molecular weight is 296 g/mol. The van der Waals surface area contributed by atoms with Crippen LogP contribution in [0.15, 0.2) is 42.6 Å². The molecule has 0 radical (unpaired) electrons. The van der Waals surface area contributed by atoms with E-state index in [-0.39, 0.29) is 0 Å². The maximum Gasteiger partial charge on any atom is 0.160 e. The second-order valence-corrected chi connectivity index (χ2v) is 5.62. The Bertz CT molecular complexity index is 793. The van der Waals surface area contributed by atoms with E-state index in [9.17, 15) is 0 Å². The van der Waals surface area contributed by atoms with Crippen molar-refractivity contribution in [2.45, 2.75) is 19.9 Å². The molecular weight excluding hydrogens is 280 g/mol. The fourth-order valence-electron chi connectivity index (χ4n) is 2.39. The van der Waals surface area contributed by atoms with Gasteiger partial charge >= 0.3 is 0 Å². The van der Waals surface area contributed by atoms with Gasteiger partial charge in [-0.3, -0.25) is 0 Å². The van der Waals surface area contributed by atoms with Gasteiger partial charge in [0.15, 0.2) is 5.65 Å². The molecule has 2 N–H and O–H groups in total. The zero-order valence-electron chi connectivity index (χ0n) is 11.8. The van der Waals surface area contributed by atoms with Crippen molar-refractivity contribution < 1.29 is 0 Å². The molecule has 0 saturated heterocycles. The lowest BCUT2D eigenvalue weighted by molar-refractivity contribution is 0.795. The topological polar surface area (TPSA) is 56.7 Å². The molecule has 0 aliphatic carbocycles. The summed E-state index contributed by atoms with van der Waals surface area (Å²) in [7, 11) is 0. The molecule has 2 aromatic heterocycles. The standard InChI is InChI=1S/C16H16N4S/c1-11-7-13-16(18-9-11)20(10-14(17)21)15(19-13)8-12-5-3-2-4-6-12/h2-7,9H,8,10H2,1H3,(H2,17,21). The van der Waals surface area contributed by atoms with Crippen LogP contribution in [0.3, 0.4) is 0 Å². The van der Waals surface area contributed by atoms with E-state index in [0.29, 0.717) is 11.5 Å². The first-order chi connectivity index (χ1) is 10.1. The van der Waals surface area contributed by atoms with Gasteiger partial charge in [-0.25, -0.2) is 9.97 Å². The third kappa shape index (κ3) is 2.92. The lowest BCUT2D eigenvalue weighted by Gasteiger charge is -2.07. The van der Waals surface area contributed by atoms with Crippen molar-refractivity contribution in [1.82, 2.24) is 14.5 Å². The van der Waals surface area contributed by atoms with E-state index >= 15 is 0 Å². The molecule has 0 bridgehead atoms. The fraction of sp³-hybridized carbons (Fsp3) is 0.188. The van der Waals surface area contributed by atoms with Crippen LogP contribution in [0.1, 0.15) is 17.0 Å². The molecule has 106 valence electrons. The largest absolute Gasteiger partial charge is 0.392 e. The van der Waals surface area contributed by atoms with Crippen molar-refractivity contribution in [3.63, 3.8) is 0 Å². The Morgan fingerprint density at radius 1 is 1.29 bits per heavy atom. The van der Waals surface area contributed by atoms with Gasteiger partial charge in [-0.2, -0.15) is 0 Å². The van der Waals surface area contributed by atoms with Crippen LogP contribution in [-0.2, 0) is 13.0 Å². The number of rotatable bonds is 4. The van der Waals surface area contributed by atoms with Gasteiger partial charge < -0.3 is 10.3 Å². The van der Waals surface area contributed by atoms with Crippen LogP contribution >= 0.6 is 12.2 Å². The second kappa shape index (κ2) is 5.61. The number of nitrogens with zero attached hydrogens (tertiary/aromatic N) is 3. The smallest absolute Gasteiger partial charge is 0.160 e. The SMILES string of the molecule is Cc1cnc2c(c1)nc(Cc1ccccc1)n2CC(N)=S. The number of aromatic nitrogens is 3. The average Bonchev–Trinajstić information content (AvgIpc) is 2.76. The summed E-state index contributed by atoms with van der Waals surface area (Å²) in [5.74, 6) is 0.933. The molecule has 0 fully saturated rings. The zero-order valence-corrected chi connectivity index (χ0v) is 12.6. The Hall–Kier alpha value is -2.27. The molecule has 1 aromatic carbocycles. The van der Waals surface area contributed by atoms with Gasteiger partial charge in [0.1, 0.15) is 11.3 Å². The Kier molecular flexibility index (Phi) is 3.66. The number of pyridine rings is 1. The maximum absolute atomic E-state index is 5.72. The highest BCUT2D eigenvalue weighted by atomic mass is 32.1. The number of hydrogen-bond donors (Lipinski definition) is 1. The van der Waals surface area contributed by atoms with Crippen LogP contribution in [-0.4, -0.2) is 19.5 Å². The number of thiocarbonyl (C=S) groups is 1. The fourth-order valence-corrected chi connectivity index (χ4v) is 2.52. The lowest BCUT2D eigenvalue weighted by atomic mass is 10.1. The molecule has 4 nitrogen and oxygen atoms in total. The predicted molar refractivity (Wildman–Crippen MR) is 88.3 cm³/mol. The van der Waals surface area contributed by atoms with E-state index in [1.165, 1.54) is 5.56 Å². The molecule has 21 heavy (non-hydrogen) atoms. The predicted octanol–water partition coefficient (Wildman–Crippen LogP) is 2.62. The van der Waals surface area contributed by atoms with Crippen LogP contribution in [0.4, 0.5) is 0 Å². The van der Waals surface area contributed by atoms with Gasteiger partial charge in [-0.05, 0) is 24.1 Å². The van der Waals surface area contributed by atoms with Gasteiger partial charge in [0, 0.05) is 12.6 Å². The van der Waals surface area contributed by atoms with E-state index in [4.69, 9.17) is 22.9 Å². The molecule has 5 heteroatoms. The minimum atomic E-state index is 0.436. The number of aryl methyl sites for hydroxylation is 1. The Balaban J connectivity index is 2.09. The molecule has 0 amide bonds. The van der Waals surface area contributed by atoms with E-state index in [0.717, 1.165) is 29.0 Å². The van der Waals surface area contributed by atoms with Crippen molar-refractivity contribution in [3.8, 4) is 0 Å². The summed E-state index contributed by atoms with van der Waals surface area (Å²) in [6.45, 7) is 2.47. The molecule has 2 heterocycles. The summed E-state index contributed by atoms with van der Waals surface area (Å²) in [6.07, 6.45) is 2.57. The van der Waals surface area contributed by atoms with Crippen molar-refractivity contribution in [1.29, 1.82) is 0 Å². The van der Waals surface area contributed by atoms with Crippen LogP contribution in [0.5, 0.6) is 0 Å². The normalized spacial score (nSPS) is 10.9. The molecular formula is C16H16N4S. The molecule has 0 saturated carbocycles. The van der Waals surface area contributed by atoms with E-state index < -0.39 is 0 Å². The number of fused-ring (bicyclic) bond motifs is 1. The highest BCUT2D eigenvalue weighted by Crippen LogP contribution is 2.18. The van der Waals surface area contributed by atoms with Crippen molar-refractivity contribution in [2.75, 3.05) is 0 Å². The van der Waals surface area contributed by atoms with Crippen LogP contribution in [0.25, 0.3) is 11.2 Å². The summed E-state index contributed by atoms with van der Waals surface area (Å²) in [5, 5.41) is 0. The highest BCUT2D eigenvalue weighted by molar-refractivity contribution is 7.80. The summed E-state index contributed by atoms with van der Waals surface area (Å²) in [5.41, 5.74) is 9.73. The first kappa shape index (κ1) is 13.7. The molecule has 3 rings (SSSR count). The highest BCUT2D eigenvalue weighted by Gasteiger charge is 2.13. The van der Waals surface area contributed by atoms with Crippen molar-refractivity contribution in [2.24, 2.45) is 5.73 Å². The first-order valence-corrected chi connectivity index (χ1v) is 7.18. The van der Waals surface area contributed by atoms with E-state index in [1.807, 2.05) is 42.0 Å². The van der Waals surface area contributed by atoms with E-state index in [2.05, 4.69) is 17.1 Å². The van der Waals surface area contributed by atoms with Crippen LogP contribution in [0, 0.1) is 6.92 Å². The molecule has 0 spiro atoms. The van der Waals surface area contributed by atoms with Gasteiger partial charge in [0.05, 0.1) is 11.5 Å². The third-order valence-corrected chi connectivity index (χ3v) is 3.45. The van der Waals surface area contributed by atoms with Gasteiger partial charge in [-0.1, -0.05) is 42.5 Å². The molecule has 0 aliphatic rings. The molecule has 0 atom stereocenters. The summed E-state index contributed by atoms with van der Waals surface area (Å²) in [6, 6.07) is 12.3. The lowest BCUT2D eigenvalue weighted by Crippen LogP contribution is -2.18. The number of benzene rings is 1. The Morgan fingerprint density at radius 3 is 2.76 bits per heavy atom. The van der Waals surface area contributed by atoms with Crippen LogP contribution in [0.2, 0.25) is 0 Å². The monoisotopic (exact) mass is 296 g/mol. The minimum Gasteiger partial charge on any atom is -0.392 e. The van der Waals surface area contributed by atoms with Gasteiger partial charge in [0.2, 0.25) is 0 Å². The summed E-state index contributed by atoms with van der Waals surface area (Å²) >= 11 is 5.06. The zero-order chi connectivity index (χ0) is 14.8. The van der Waals surface area contributed by atoms with Gasteiger partial charge in [0.25, 0.3) is 0 Å². The maximum atomic E-state index is 5.72. The first-order valence-electron chi connectivity index (χ1n) is 6.77. The Labute approximate surface area is 128 Å². The molecule has 3 aromatic rings. The van der Waals surface area contributed by atoms with Crippen molar-refractivity contribution >= 4 is 28.4 Å². The van der Waals surface area contributed by atoms with Gasteiger partial charge in [-0.15, -0.1) is 0 Å². The molecule has 0 aliphatic heterocycles. The quantitative estimate of drug-likeness (QED) is 0.752.